The van der Waals surface area contributed by atoms with Gasteiger partial charge in [0.1, 0.15) is 22.8 Å². The predicted molar refractivity (Wildman–Crippen MR) is 109 cm³/mol. The molecule has 0 amide bonds. The van der Waals surface area contributed by atoms with Crippen LogP contribution in [0.2, 0.25) is 0 Å². The van der Waals surface area contributed by atoms with Crippen LogP contribution in [0.3, 0.4) is 0 Å². The molecule has 4 heterocycles. The van der Waals surface area contributed by atoms with Gasteiger partial charge < -0.3 is 14.7 Å². The topological polar surface area (TPSA) is 87.2 Å². The van der Waals surface area contributed by atoms with E-state index < -0.39 is 11.6 Å². The molecule has 3 aromatic rings. The molecular weight excluding hydrogens is 404 g/mol. The zero-order chi connectivity index (χ0) is 21.4. The monoisotopic (exact) mass is 425 g/mol. The molecule has 0 radical (unpaired) electrons. The summed E-state index contributed by atoms with van der Waals surface area (Å²) in [5, 5.41) is 16.9. The molecule has 2 aromatic heterocycles. The maximum atomic E-state index is 13.8. The number of aliphatic hydroxyl groups excluding tert-OH is 1. The van der Waals surface area contributed by atoms with Crippen molar-refractivity contribution in [2.75, 3.05) is 31.2 Å². The molecule has 1 spiro atoms. The number of anilines is 1. The second-order valence-corrected chi connectivity index (χ2v) is 8.09. The van der Waals surface area contributed by atoms with Crippen LogP contribution in [0.25, 0.3) is 11.2 Å². The highest BCUT2D eigenvalue weighted by Gasteiger charge is 2.38. The van der Waals surface area contributed by atoms with Gasteiger partial charge in [-0.05, 0) is 42.7 Å². The van der Waals surface area contributed by atoms with E-state index in [1.165, 1.54) is 6.07 Å². The normalized spacial score (nSPS) is 17.8. The largest absolute Gasteiger partial charge is 0.390 e. The Labute approximate surface area is 177 Å². The number of hydrogen-bond acceptors (Lipinski definition) is 6. The molecule has 0 atom stereocenters. The fourth-order valence-corrected chi connectivity index (χ4v) is 4.27. The van der Waals surface area contributed by atoms with E-state index in [4.69, 9.17) is 4.74 Å². The second-order valence-electron chi connectivity index (χ2n) is 8.09. The number of ether oxygens (including phenoxy) is 1. The van der Waals surface area contributed by atoms with Crippen molar-refractivity contribution in [3.8, 4) is 11.8 Å². The molecule has 2 aliphatic rings. The molecule has 2 N–H and O–H groups in total. The van der Waals surface area contributed by atoms with Crippen molar-refractivity contribution in [3.63, 3.8) is 0 Å². The number of piperidine rings is 1. The summed E-state index contributed by atoms with van der Waals surface area (Å²) in [5.41, 5.74) is 1.90. The van der Waals surface area contributed by atoms with Gasteiger partial charge in [-0.3, -0.25) is 5.10 Å². The third kappa shape index (κ3) is 3.73. The van der Waals surface area contributed by atoms with Gasteiger partial charge in [-0.2, -0.15) is 5.10 Å². The van der Waals surface area contributed by atoms with Crippen molar-refractivity contribution in [1.82, 2.24) is 20.2 Å². The van der Waals surface area contributed by atoms with E-state index in [0.29, 0.717) is 22.7 Å². The van der Waals surface area contributed by atoms with Gasteiger partial charge in [-0.25, -0.2) is 18.7 Å². The van der Waals surface area contributed by atoms with Gasteiger partial charge in [0.05, 0.1) is 18.8 Å². The molecule has 0 saturated carbocycles. The number of aromatic nitrogens is 4. The molecule has 2 fully saturated rings. The van der Waals surface area contributed by atoms with E-state index in [0.717, 1.165) is 57.7 Å². The molecule has 0 aliphatic carbocycles. The lowest BCUT2D eigenvalue weighted by Gasteiger charge is -2.39. The van der Waals surface area contributed by atoms with E-state index >= 15 is 0 Å². The van der Waals surface area contributed by atoms with Crippen LogP contribution in [-0.2, 0) is 11.3 Å². The number of benzene rings is 1. The number of aromatic amines is 1. The van der Waals surface area contributed by atoms with Crippen LogP contribution < -0.4 is 4.90 Å². The highest BCUT2D eigenvalue weighted by molar-refractivity contribution is 5.78. The number of fused-ring (bicyclic) bond motifs is 1. The molecule has 160 valence electrons. The minimum Gasteiger partial charge on any atom is -0.390 e. The number of aliphatic hydroxyl groups is 1. The first kappa shape index (κ1) is 19.8. The van der Waals surface area contributed by atoms with Gasteiger partial charge in [0.15, 0.2) is 17.2 Å². The number of hydrogen-bond donors (Lipinski definition) is 2. The molecule has 31 heavy (non-hydrogen) atoms. The van der Waals surface area contributed by atoms with Crippen LogP contribution in [-0.4, -0.2) is 51.6 Å². The van der Waals surface area contributed by atoms with Crippen LogP contribution in [0.1, 0.15) is 36.2 Å². The van der Waals surface area contributed by atoms with Crippen molar-refractivity contribution in [3.05, 3.63) is 46.8 Å². The molecule has 2 saturated heterocycles. The third-order valence-corrected chi connectivity index (χ3v) is 6.15. The molecule has 1 aromatic carbocycles. The van der Waals surface area contributed by atoms with Gasteiger partial charge in [0, 0.05) is 25.8 Å². The Kier molecular flexibility index (Phi) is 5.04. The summed E-state index contributed by atoms with van der Waals surface area (Å²) < 4.78 is 32.5. The maximum absolute atomic E-state index is 13.8. The number of H-pyrrole nitrogens is 1. The van der Waals surface area contributed by atoms with Crippen molar-refractivity contribution in [1.29, 1.82) is 0 Å². The minimum atomic E-state index is -0.743. The SMILES string of the molecule is OCc1nc2c(C#Cc3ccc(F)cc3F)n[nH]c2nc1N1CCC2(CCOC2)CC1. The van der Waals surface area contributed by atoms with Gasteiger partial charge in [-0.1, -0.05) is 5.92 Å². The lowest BCUT2D eigenvalue weighted by Crippen LogP contribution is -2.41. The molecule has 9 heteroatoms. The standard InChI is InChI=1S/C22H21F2N5O2/c23-15-3-1-14(16(24)11-15)2-4-17-19-20(28-27-17)26-21(18(12-30)25-19)29-8-5-22(6-9-29)7-10-31-13-22/h1,3,11,30H,5-10,12-13H2,(H,26,27,28). The highest BCUT2D eigenvalue weighted by Crippen LogP contribution is 2.40. The third-order valence-electron chi connectivity index (χ3n) is 6.15. The average Bonchev–Trinajstić information content (AvgIpc) is 3.39. The molecule has 2 aliphatic heterocycles. The average molecular weight is 425 g/mol. The van der Waals surface area contributed by atoms with Crippen molar-refractivity contribution in [2.45, 2.75) is 25.9 Å². The number of nitrogens with one attached hydrogen (secondary N) is 1. The van der Waals surface area contributed by atoms with E-state index in [2.05, 4.69) is 36.9 Å². The van der Waals surface area contributed by atoms with E-state index in [1.54, 1.807) is 0 Å². The fraction of sp³-hybridized carbons (Fsp3) is 0.409. The van der Waals surface area contributed by atoms with Crippen LogP contribution in [0, 0.1) is 28.9 Å². The minimum absolute atomic E-state index is 0.0580. The summed E-state index contributed by atoms with van der Waals surface area (Å²) in [7, 11) is 0. The van der Waals surface area contributed by atoms with Gasteiger partial charge >= 0.3 is 0 Å². The van der Waals surface area contributed by atoms with Crippen LogP contribution in [0.15, 0.2) is 18.2 Å². The number of rotatable bonds is 2. The zero-order valence-corrected chi connectivity index (χ0v) is 16.8. The first-order valence-corrected chi connectivity index (χ1v) is 10.2. The molecule has 5 rings (SSSR count). The Morgan fingerprint density at radius 1 is 1.16 bits per heavy atom. The molecular formula is C22H21F2N5O2. The Bertz CT molecular complexity index is 1180. The van der Waals surface area contributed by atoms with Crippen LogP contribution in [0.4, 0.5) is 14.6 Å². The van der Waals surface area contributed by atoms with Crippen molar-refractivity contribution >= 4 is 17.0 Å². The van der Waals surface area contributed by atoms with E-state index in [-0.39, 0.29) is 23.3 Å². The quantitative estimate of drug-likeness (QED) is 0.614. The van der Waals surface area contributed by atoms with Gasteiger partial charge in [0.25, 0.3) is 0 Å². The van der Waals surface area contributed by atoms with E-state index in [9.17, 15) is 13.9 Å². The van der Waals surface area contributed by atoms with Gasteiger partial charge in [0.2, 0.25) is 0 Å². The highest BCUT2D eigenvalue weighted by atomic mass is 19.1. The Morgan fingerprint density at radius 3 is 2.71 bits per heavy atom. The van der Waals surface area contributed by atoms with Crippen molar-refractivity contribution < 1.29 is 18.6 Å². The Balaban J connectivity index is 1.44. The second kappa shape index (κ2) is 7.87. The summed E-state index contributed by atoms with van der Waals surface area (Å²) in [5.74, 6) is 4.64. The predicted octanol–water partition coefficient (Wildman–Crippen LogP) is 2.53. The maximum Gasteiger partial charge on any atom is 0.177 e. The molecule has 0 bridgehead atoms. The fourth-order valence-electron chi connectivity index (χ4n) is 4.27. The summed E-state index contributed by atoms with van der Waals surface area (Å²) in [6.07, 6.45) is 3.12. The first-order chi connectivity index (χ1) is 15.1. The Hall–Kier alpha value is -3.09. The van der Waals surface area contributed by atoms with Crippen molar-refractivity contribution in [2.24, 2.45) is 5.41 Å². The summed E-state index contributed by atoms with van der Waals surface area (Å²) in [4.78, 5) is 11.3. The van der Waals surface area contributed by atoms with E-state index in [1.807, 2.05) is 0 Å². The Morgan fingerprint density at radius 2 is 2.00 bits per heavy atom. The van der Waals surface area contributed by atoms with Crippen LogP contribution in [0.5, 0.6) is 0 Å². The first-order valence-electron chi connectivity index (χ1n) is 10.2. The summed E-state index contributed by atoms with van der Waals surface area (Å²) >= 11 is 0. The zero-order valence-electron chi connectivity index (χ0n) is 16.8. The van der Waals surface area contributed by atoms with Crippen LogP contribution >= 0.6 is 0 Å². The van der Waals surface area contributed by atoms with Gasteiger partial charge in [-0.15, -0.1) is 0 Å². The molecule has 0 unspecified atom stereocenters. The smallest absolute Gasteiger partial charge is 0.177 e. The summed E-state index contributed by atoms with van der Waals surface area (Å²) in [6, 6.07) is 3.20. The summed E-state index contributed by atoms with van der Waals surface area (Å²) in [6.45, 7) is 3.01. The lowest BCUT2D eigenvalue weighted by molar-refractivity contribution is 0.133. The number of nitrogens with zero attached hydrogens (tertiary/aromatic N) is 4. The lowest BCUT2D eigenvalue weighted by atomic mass is 9.78. The number of halogens is 2. The molecule has 7 nitrogen and oxygen atoms in total.